The molecule has 0 aromatic heterocycles. The molecule has 0 spiro atoms. The second-order valence-electron chi connectivity index (χ2n) is 6.96. The zero-order chi connectivity index (χ0) is 15.5. The van der Waals surface area contributed by atoms with Gasteiger partial charge in [-0.05, 0) is 49.0 Å². The van der Waals surface area contributed by atoms with Crippen molar-refractivity contribution in [1.82, 2.24) is 10.2 Å². The first-order valence-electron chi connectivity index (χ1n) is 8.04. The molecule has 1 heterocycles. The lowest BCUT2D eigenvalue weighted by atomic mass is 9.87. The summed E-state index contributed by atoms with van der Waals surface area (Å²) in [4.78, 5) is 14.7. The molecule has 1 aliphatic rings. The summed E-state index contributed by atoms with van der Waals surface area (Å²) in [5, 5.41) is 3.08. The minimum Gasteiger partial charge on any atom is -0.350 e. The van der Waals surface area contributed by atoms with Gasteiger partial charge in [-0.15, -0.1) is 0 Å². The van der Waals surface area contributed by atoms with E-state index in [4.69, 9.17) is 0 Å². The first-order chi connectivity index (χ1) is 9.91. The summed E-state index contributed by atoms with van der Waals surface area (Å²) in [5.41, 5.74) is 2.14. The molecular formula is C18H28N2O. The summed E-state index contributed by atoms with van der Waals surface area (Å²) >= 11 is 0. The predicted molar refractivity (Wildman–Crippen MR) is 87.7 cm³/mol. The van der Waals surface area contributed by atoms with E-state index in [0.29, 0.717) is 6.04 Å². The number of nitrogens with one attached hydrogen (secondary N) is 1. The van der Waals surface area contributed by atoms with Crippen LogP contribution in [0.4, 0.5) is 0 Å². The van der Waals surface area contributed by atoms with Gasteiger partial charge in [-0.1, -0.05) is 39.8 Å². The Balaban J connectivity index is 1.91. The van der Waals surface area contributed by atoms with Gasteiger partial charge in [-0.25, -0.2) is 0 Å². The second-order valence-corrected chi connectivity index (χ2v) is 6.96. The van der Waals surface area contributed by atoms with Crippen LogP contribution in [0.15, 0.2) is 24.3 Å². The zero-order valence-electron chi connectivity index (χ0n) is 13.8. The van der Waals surface area contributed by atoms with Crippen molar-refractivity contribution in [3.8, 4) is 0 Å². The fourth-order valence-corrected chi connectivity index (χ4v) is 2.98. The summed E-state index contributed by atoms with van der Waals surface area (Å²) in [6, 6.07) is 8.49. The number of amides is 1. The lowest BCUT2D eigenvalue weighted by Crippen LogP contribution is -2.40. The van der Waals surface area contributed by atoms with Gasteiger partial charge >= 0.3 is 0 Å². The molecule has 1 N–H and O–H groups in total. The quantitative estimate of drug-likeness (QED) is 0.923. The van der Waals surface area contributed by atoms with Crippen LogP contribution in [0.3, 0.4) is 0 Å². The van der Waals surface area contributed by atoms with E-state index in [-0.39, 0.29) is 11.3 Å². The molecule has 21 heavy (non-hydrogen) atoms. The van der Waals surface area contributed by atoms with Crippen molar-refractivity contribution in [1.29, 1.82) is 0 Å². The van der Waals surface area contributed by atoms with Gasteiger partial charge in [0.2, 0.25) is 0 Å². The minimum atomic E-state index is 0.0402. The van der Waals surface area contributed by atoms with Crippen molar-refractivity contribution in [2.24, 2.45) is 0 Å². The SMILES string of the molecule is CCN1CCC[C@@H]1CNC(=O)c1ccc(C(C)(C)C)cc1. The van der Waals surface area contributed by atoms with E-state index in [1.807, 2.05) is 12.1 Å². The van der Waals surface area contributed by atoms with Crippen LogP contribution < -0.4 is 5.32 Å². The molecular weight excluding hydrogens is 260 g/mol. The number of carbonyl (C=O) groups is 1. The van der Waals surface area contributed by atoms with Gasteiger partial charge in [0.15, 0.2) is 0 Å². The van der Waals surface area contributed by atoms with Gasteiger partial charge in [-0.3, -0.25) is 9.69 Å². The van der Waals surface area contributed by atoms with E-state index in [2.05, 4.69) is 50.0 Å². The Morgan fingerprint density at radius 2 is 1.95 bits per heavy atom. The highest BCUT2D eigenvalue weighted by Crippen LogP contribution is 2.22. The molecule has 2 rings (SSSR count). The molecule has 3 nitrogen and oxygen atoms in total. The first-order valence-corrected chi connectivity index (χ1v) is 8.04. The van der Waals surface area contributed by atoms with Crippen molar-refractivity contribution in [3.63, 3.8) is 0 Å². The van der Waals surface area contributed by atoms with Crippen molar-refractivity contribution in [3.05, 3.63) is 35.4 Å². The summed E-state index contributed by atoms with van der Waals surface area (Å²) in [5.74, 6) is 0.0402. The van der Waals surface area contributed by atoms with Crippen LogP contribution in [-0.4, -0.2) is 36.5 Å². The molecule has 3 heteroatoms. The highest BCUT2D eigenvalue weighted by molar-refractivity contribution is 5.94. The second kappa shape index (κ2) is 6.61. The number of rotatable bonds is 4. The third kappa shape index (κ3) is 4.07. The topological polar surface area (TPSA) is 32.3 Å². The highest BCUT2D eigenvalue weighted by Gasteiger charge is 2.23. The van der Waals surface area contributed by atoms with Gasteiger partial charge in [-0.2, -0.15) is 0 Å². The van der Waals surface area contributed by atoms with Crippen molar-refractivity contribution < 1.29 is 4.79 Å². The van der Waals surface area contributed by atoms with Crippen LogP contribution in [0.25, 0.3) is 0 Å². The number of hydrogen-bond donors (Lipinski definition) is 1. The average molecular weight is 288 g/mol. The minimum absolute atomic E-state index is 0.0402. The molecule has 1 aromatic rings. The van der Waals surface area contributed by atoms with Crippen molar-refractivity contribution in [2.45, 2.75) is 52.0 Å². The molecule has 1 atom stereocenters. The number of nitrogens with zero attached hydrogens (tertiary/aromatic N) is 1. The molecule has 1 fully saturated rings. The Morgan fingerprint density at radius 3 is 2.52 bits per heavy atom. The lowest BCUT2D eigenvalue weighted by molar-refractivity contribution is 0.0941. The standard InChI is InChI=1S/C18H28N2O/c1-5-20-12-6-7-16(20)13-19-17(21)14-8-10-15(11-9-14)18(2,3)4/h8-11,16H,5-7,12-13H2,1-4H3,(H,19,21)/t16-/m1/s1. The summed E-state index contributed by atoms with van der Waals surface area (Å²) in [7, 11) is 0. The third-order valence-electron chi connectivity index (χ3n) is 4.42. The van der Waals surface area contributed by atoms with E-state index >= 15 is 0 Å². The lowest BCUT2D eigenvalue weighted by Gasteiger charge is -2.23. The average Bonchev–Trinajstić information content (AvgIpc) is 2.91. The fourth-order valence-electron chi connectivity index (χ4n) is 2.98. The van der Waals surface area contributed by atoms with E-state index in [1.54, 1.807) is 0 Å². The molecule has 1 saturated heterocycles. The molecule has 1 amide bonds. The van der Waals surface area contributed by atoms with Crippen molar-refractivity contribution >= 4 is 5.91 Å². The fraction of sp³-hybridized carbons (Fsp3) is 0.611. The number of hydrogen-bond acceptors (Lipinski definition) is 2. The summed E-state index contributed by atoms with van der Waals surface area (Å²) in [6.07, 6.45) is 2.44. The number of carbonyl (C=O) groups excluding carboxylic acids is 1. The molecule has 0 radical (unpaired) electrons. The largest absolute Gasteiger partial charge is 0.350 e. The van der Waals surface area contributed by atoms with E-state index in [9.17, 15) is 4.79 Å². The van der Waals surface area contributed by atoms with Crippen molar-refractivity contribution in [2.75, 3.05) is 19.6 Å². The molecule has 0 unspecified atom stereocenters. The van der Waals surface area contributed by atoms with Crippen LogP contribution in [0.5, 0.6) is 0 Å². The monoisotopic (exact) mass is 288 g/mol. The smallest absolute Gasteiger partial charge is 0.251 e. The molecule has 0 bridgehead atoms. The maximum atomic E-state index is 12.2. The number of benzene rings is 1. The predicted octanol–water partition coefficient (Wildman–Crippen LogP) is 3.20. The third-order valence-corrected chi connectivity index (χ3v) is 4.42. The highest BCUT2D eigenvalue weighted by atomic mass is 16.1. The molecule has 0 saturated carbocycles. The van der Waals surface area contributed by atoms with Crippen LogP contribution >= 0.6 is 0 Å². The van der Waals surface area contributed by atoms with E-state index < -0.39 is 0 Å². The summed E-state index contributed by atoms with van der Waals surface area (Å²) in [6.45, 7) is 11.7. The Morgan fingerprint density at radius 1 is 1.29 bits per heavy atom. The Labute approximate surface area is 128 Å². The first kappa shape index (κ1) is 16.0. The van der Waals surface area contributed by atoms with Gasteiger partial charge in [0, 0.05) is 18.2 Å². The number of likely N-dealkylation sites (tertiary alicyclic amines) is 1. The van der Waals surface area contributed by atoms with Crippen LogP contribution in [0.2, 0.25) is 0 Å². The number of likely N-dealkylation sites (N-methyl/N-ethyl adjacent to an activating group) is 1. The zero-order valence-corrected chi connectivity index (χ0v) is 13.8. The van der Waals surface area contributed by atoms with Gasteiger partial charge in [0.25, 0.3) is 5.91 Å². The Kier molecular flexibility index (Phi) is 5.04. The van der Waals surface area contributed by atoms with E-state index in [0.717, 1.165) is 25.2 Å². The molecule has 116 valence electrons. The summed E-state index contributed by atoms with van der Waals surface area (Å²) < 4.78 is 0. The van der Waals surface area contributed by atoms with Crippen LogP contribution in [0.1, 0.15) is 56.5 Å². The van der Waals surface area contributed by atoms with Gasteiger partial charge in [0.1, 0.15) is 0 Å². The molecule has 1 aromatic carbocycles. The van der Waals surface area contributed by atoms with Crippen LogP contribution in [-0.2, 0) is 5.41 Å². The molecule has 0 aliphatic carbocycles. The Hall–Kier alpha value is -1.35. The van der Waals surface area contributed by atoms with E-state index in [1.165, 1.54) is 18.4 Å². The van der Waals surface area contributed by atoms with Gasteiger partial charge < -0.3 is 5.32 Å². The normalized spacial score (nSPS) is 19.7. The Bertz CT molecular complexity index is 473. The maximum Gasteiger partial charge on any atom is 0.251 e. The maximum absolute atomic E-state index is 12.2. The van der Waals surface area contributed by atoms with Gasteiger partial charge in [0.05, 0.1) is 0 Å². The van der Waals surface area contributed by atoms with Crippen LogP contribution in [0, 0.1) is 0 Å². The molecule has 1 aliphatic heterocycles.